The van der Waals surface area contributed by atoms with Gasteiger partial charge in [-0.3, -0.25) is 0 Å². The van der Waals surface area contributed by atoms with Gasteiger partial charge in [0.1, 0.15) is 13.2 Å². The van der Waals surface area contributed by atoms with Gasteiger partial charge in [0, 0.05) is 14.8 Å². The molecule has 1 aromatic carbocycles. The Balaban J connectivity index is 2.71. The van der Waals surface area contributed by atoms with Crippen LogP contribution in [0.4, 0.5) is 5.69 Å². The van der Waals surface area contributed by atoms with E-state index in [1.54, 1.807) is 18.2 Å². The Morgan fingerprint density at radius 3 is 1.76 bits per heavy atom. The topological polar surface area (TPSA) is 119 Å². The summed E-state index contributed by atoms with van der Waals surface area (Å²) >= 11 is 0. The van der Waals surface area contributed by atoms with Crippen LogP contribution in [0.15, 0.2) is 18.2 Å². The van der Waals surface area contributed by atoms with E-state index in [9.17, 15) is 9.13 Å². The summed E-state index contributed by atoms with van der Waals surface area (Å²) < 4.78 is 29.8. The van der Waals surface area contributed by atoms with Crippen molar-refractivity contribution >= 4 is 22.2 Å². The van der Waals surface area contributed by atoms with Crippen molar-refractivity contribution in [1.29, 1.82) is 0 Å². The van der Waals surface area contributed by atoms with Gasteiger partial charge in [-0.1, -0.05) is 6.07 Å². The molecule has 0 radical (unpaired) electrons. The maximum Gasteiger partial charge on any atom is 0.695 e. The summed E-state index contributed by atoms with van der Waals surface area (Å²) in [5.74, 6) is 0. The van der Waals surface area contributed by atoms with Crippen molar-refractivity contribution in [2.24, 2.45) is 0 Å². The van der Waals surface area contributed by atoms with Gasteiger partial charge >= 0.3 is 16.5 Å². The number of nitrogens with two attached hydrogens (primary N) is 1. The zero-order chi connectivity index (χ0) is 12.8. The Hall–Kier alpha value is -0.940. The molecule has 92 valence electrons. The zero-order valence-electron chi connectivity index (χ0n) is 8.65. The van der Waals surface area contributed by atoms with E-state index < -0.39 is 16.5 Å². The first-order chi connectivity index (χ1) is 7.97. The summed E-state index contributed by atoms with van der Waals surface area (Å²) in [6.07, 6.45) is 0. The Morgan fingerprint density at radius 1 is 1.00 bits per heavy atom. The van der Waals surface area contributed by atoms with E-state index in [2.05, 4.69) is 9.05 Å². The number of rotatable bonds is 6. The summed E-state index contributed by atoms with van der Waals surface area (Å²) in [5.41, 5.74) is 7.15. The third kappa shape index (κ3) is 5.79. The van der Waals surface area contributed by atoms with Crippen LogP contribution in [-0.2, 0) is 31.4 Å². The molecule has 9 heteroatoms. The summed E-state index contributed by atoms with van der Waals surface area (Å²) in [7, 11) is -5.34. The minimum Gasteiger partial charge on any atom is -0.399 e. The van der Waals surface area contributed by atoms with Crippen LogP contribution in [0.3, 0.4) is 0 Å². The highest BCUT2D eigenvalue weighted by Gasteiger charge is 2.15. The standard InChI is InChI=1S/C8H9NO6P2/c9-8-2-6(4-14-16(10)11)1-7(3-8)5-15-17(12)13/h1-3H,4-5,9H2/p+2. The first-order valence-corrected chi connectivity index (χ1v) is 6.70. The minimum absolute atomic E-state index is 0.0744. The van der Waals surface area contributed by atoms with Gasteiger partial charge in [0.25, 0.3) is 0 Å². The highest BCUT2D eigenvalue weighted by atomic mass is 31.1. The summed E-state index contributed by atoms with van der Waals surface area (Å²) in [5, 5.41) is 0. The van der Waals surface area contributed by atoms with E-state index in [1.807, 2.05) is 0 Å². The van der Waals surface area contributed by atoms with Crippen LogP contribution < -0.4 is 5.73 Å². The van der Waals surface area contributed by atoms with Crippen molar-refractivity contribution in [2.45, 2.75) is 13.2 Å². The van der Waals surface area contributed by atoms with E-state index in [0.717, 1.165) is 0 Å². The number of hydrogen-bond donors (Lipinski definition) is 3. The monoisotopic (exact) mass is 279 g/mol. The maximum absolute atomic E-state index is 10.4. The van der Waals surface area contributed by atoms with Gasteiger partial charge in [0.15, 0.2) is 0 Å². The molecule has 0 bridgehead atoms. The average molecular weight is 279 g/mol. The first kappa shape index (κ1) is 14.1. The SMILES string of the molecule is Nc1cc(CO[P+](=O)O)cc(CO[P+](=O)O)c1. The van der Waals surface area contributed by atoms with Gasteiger partial charge in [-0.25, -0.2) is 0 Å². The van der Waals surface area contributed by atoms with Gasteiger partial charge in [0.05, 0.1) is 0 Å². The van der Waals surface area contributed by atoms with E-state index in [0.29, 0.717) is 16.8 Å². The Kier molecular flexibility index (Phi) is 5.58. The molecule has 0 fully saturated rings. The molecule has 0 saturated heterocycles. The Bertz CT molecular complexity index is 402. The molecular formula is C8H11NO6P2+2. The number of hydrogen-bond acceptors (Lipinski definition) is 5. The molecule has 0 aliphatic heterocycles. The molecule has 0 heterocycles. The minimum atomic E-state index is -2.67. The van der Waals surface area contributed by atoms with Crippen LogP contribution in [0, 0.1) is 0 Å². The van der Waals surface area contributed by atoms with Crippen LogP contribution in [-0.4, -0.2) is 9.79 Å². The van der Waals surface area contributed by atoms with E-state index in [1.165, 1.54) is 0 Å². The largest absolute Gasteiger partial charge is 0.695 e. The smallest absolute Gasteiger partial charge is 0.399 e. The van der Waals surface area contributed by atoms with E-state index >= 15 is 0 Å². The molecular weight excluding hydrogens is 268 g/mol. The fourth-order valence-corrected chi connectivity index (χ4v) is 1.74. The lowest BCUT2D eigenvalue weighted by molar-refractivity contribution is 0.268. The quantitative estimate of drug-likeness (QED) is 0.534. The van der Waals surface area contributed by atoms with Crippen molar-refractivity contribution in [1.82, 2.24) is 0 Å². The third-order valence-corrected chi connectivity index (χ3v) is 2.46. The second kappa shape index (κ2) is 6.71. The third-order valence-electron chi connectivity index (χ3n) is 1.76. The fraction of sp³-hybridized carbons (Fsp3) is 0.250. The molecule has 1 aromatic rings. The average Bonchev–Trinajstić information content (AvgIpc) is 2.23. The van der Waals surface area contributed by atoms with Gasteiger partial charge in [-0.05, 0) is 23.3 Å². The highest BCUT2D eigenvalue weighted by molar-refractivity contribution is 7.32. The lowest BCUT2D eigenvalue weighted by Crippen LogP contribution is -1.95. The van der Waals surface area contributed by atoms with Crippen molar-refractivity contribution in [3.8, 4) is 0 Å². The molecule has 0 aromatic heterocycles. The van der Waals surface area contributed by atoms with E-state index in [-0.39, 0.29) is 13.2 Å². The van der Waals surface area contributed by atoms with Crippen LogP contribution in [0.25, 0.3) is 0 Å². The van der Waals surface area contributed by atoms with Crippen molar-refractivity contribution < 1.29 is 28.0 Å². The lowest BCUT2D eigenvalue weighted by Gasteiger charge is -2.02. The number of anilines is 1. The molecule has 4 N–H and O–H groups in total. The summed E-state index contributed by atoms with van der Waals surface area (Å²) in [6.45, 7) is -0.149. The fourth-order valence-electron chi connectivity index (χ4n) is 1.22. The van der Waals surface area contributed by atoms with Gasteiger partial charge in [0.2, 0.25) is 0 Å². The predicted octanol–water partition coefficient (Wildman–Crippen LogP) is 1.60. The van der Waals surface area contributed by atoms with Crippen molar-refractivity contribution in [3.63, 3.8) is 0 Å². The molecule has 17 heavy (non-hydrogen) atoms. The van der Waals surface area contributed by atoms with Gasteiger partial charge in [-0.15, -0.1) is 18.8 Å². The second-order valence-corrected chi connectivity index (χ2v) is 4.57. The van der Waals surface area contributed by atoms with Crippen molar-refractivity contribution in [3.05, 3.63) is 29.3 Å². The molecule has 0 saturated carbocycles. The molecule has 2 atom stereocenters. The Labute approximate surface area is 99.1 Å². The molecule has 0 spiro atoms. The van der Waals surface area contributed by atoms with Gasteiger partial charge < -0.3 is 5.73 Å². The number of benzene rings is 1. The molecule has 2 unspecified atom stereocenters. The van der Waals surface area contributed by atoms with Gasteiger partial charge in [-0.2, -0.15) is 0 Å². The van der Waals surface area contributed by atoms with E-state index in [4.69, 9.17) is 15.5 Å². The molecule has 1 rings (SSSR count). The second-order valence-electron chi connectivity index (χ2n) is 3.11. The predicted molar refractivity (Wildman–Crippen MR) is 60.1 cm³/mol. The van der Waals surface area contributed by atoms with Crippen LogP contribution in [0.1, 0.15) is 11.1 Å². The summed E-state index contributed by atoms with van der Waals surface area (Å²) in [6, 6.07) is 4.75. The number of nitrogen functional groups attached to an aromatic ring is 1. The summed E-state index contributed by atoms with van der Waals surface area (Å²) in [4.78, 5) is 17.0. The lowest BCUT2D eigenvalue weighted by atomic mass is 10.1. The first-order valence-electron chi connectivity index (χ1n) is 4.44. The highest BCUT2D eigenvalue weighted by Crippen LogP contribution is 2.23. The zero-order valence-corrected chi connectivity index (χ0v) is 10.4. The van der Waals surface area contributed by atoms with Crippen LogP contribution >= 0.6 is 16.5 Å². The molecule has 0 aliphatic carbocycles. The van der Waals surface area contributed by atoms with Crippen LogP contribution in [0.2, 0.25) is 0 Å². The molecule has 7 nitrogen and oxygen atoms in total. The normalized spacial score (nSPS) is 12.4. The molecule has 0 amide bonds. The molecule has 0 aliphatic rings. The Morgan fingerprint density at radius 2 is 1.41 bits per heavy atom. The van der Waals surface area contributed by atoms with Crippen LogP contribution in [0.5, 0.6) is 0 Å². The van der Waals surface area contributed by atoms with Crippen molar-refractivity contribution in [2.75, 3.05) is 5.73 Å². The maximum atomic E-state index is 10.4.